The average molecular weight is 336 g/mol. The third kappa shape index (κ3) is 3.75. The molecule has 1 aromatic rings. The molecule has 23 heavy (non-hydrogen) atoms. The Balaban J connectivity index is 1.48. The van der Waals surface area contributed by atoms with Crippen LogP contribution in [0.1, 0.15) is 37.7 Å². The number of nitrogens with zero attached hydrogens (tertiary/aromatic N) is 1. The number of rotatable bonds is 5. The van der Waals surface area contributed by atoms with Crippen molar-refractivity contribution in [2.24, 2.45) is 5.92 Å². The predicted molar refractivity (Wildman–Crippen MR) is 89.5 cm³/mol. The second-order valence-electron chi connectivity index (χ2n) is 6.44. The summed E-state index contributed by atoms with van der Waals surface area (Å²) in [4.78, 5) is 12.4. The lowest BCUT2D eigenvalue weighted by Gasteiger charge is -2.30. The number of amides is 1. The molecule has 1 amide bonds. The molecular formula is C17H24N2O3S. The van der Waals surface area contributed by atoms with Crippen LogP contribution in [0.5, 0.6) is 0 Å². The molecule has 1 saturated heterocycles. The number of hydrogen-bond donors (Lipinski definition) is 1. The molecule has 1 aliphatic carbocycles. The van der Waals surface area contributed by atoms with Crippen molar-refractivity contribution in [3.8, 4) is 0 Å². The molecule has 126 valence electrons. The minimum Gasteiger partial charge on any atom is -0.352 e. The Labute approximate surface area is 138 Å². The zero-order valence-electron chi connectivity index (χ0n) is 13.4. The standard InChI is InChI=1S/C17H24N2O3S/c1-2-23(21,22)19-10-8-14(9-11-19)17(20)18-16-12-15(16)13-6-4-3-5-7-13/h3-7,14-16H,2,8-12H2,1H3,(H,18,20)/t15-,16-/m1/s1. The van der Waals surface area contributed by atoms with E-state index in [1.807, 2.05) is 18.2 Å². The van der Waals surface area contributed by atoms with Crippen molar-refractivity contribution in [3.05, 3.63) is 35.9 Å². The van der Waals surface area contributed by atoms with Crippen molar-refractivity contribution in [1.29, 1.82) is 0 Å². The van der Waals surface area contributed by atoms with Crippen LogP contribution < -0.4 is 5.32 Å². The highest BCUT2D eigenvalue weighted by Crippen LogP contribution is 2.40. The van der Waals surface area contributed by atoms with E-state index < -0.39 is 10.0 Å². The van der Waals surface area contributed by atoms with E-state index in [2.05, 4.69) is 17.4 Å². The second-order valence-corrected chi connectivity index (χ2v) is 8.70. The average Bonchev–Trinajstić information content (AvgIpc) is 3.35. The maximum atomic E-state index is 12.4. The van der Waals surface area contributed by atoms with Crippen LogP contribution in [0.25, 0.3) is 0 Å². The van der Waals surface area contributed by atoms with Gasteiger partial charge >= 0.3 is 0 Å². The minimum atomic E-state index is -3.12. The van der Waals surface area contributed by atoms with E-state index in [1.54, 1.807) is 6.92 Å². The van der Waals surface area contributed by atoms with E-state index >= 15 is 0 Å². The molecule has 1 N–H and O–H groups in total. The lowest BCUT2D eigenvalue weighted by Crippen LogP contribution is -2.44. The van der Waals surface area contributed by atoms with Gasteiger partial charge in [0.2, 0.25) is 15.9 Å². The summed E-state index contributed by atoms with van der Waals surface area (Å²) in [6, 6.07) is 10.5. The van der Waals surface area contributed by atoms with Crippen molar-refractivity contribution in [1.82, 2.24) is 9.62 Å². The first kappa shape index (κ1) is 16.5. The third-order valence-corrected chi connectivity index (χ3v) is 6.81. The minimum absolute atomic E-state index is 0.0599. The largest absolute Gasteiger partial charge is 0.352 e. The molecule has 6 heteroatoms. The van der Waals surface area contributed by atoms with Crippen molar-refractivity contribution in [2.45, 2.75) is 38.1 Å². The van der Waals surface area contributed by atoms with Gasteiger partial charge in [-0.3, -0.25) is 4.79 Å². The van der Waals surface area contributed by atoms with Crippen LogP contribution in [-0.4, -0.2) is 43.5 Å². The summed E-state index contributed by atoms with van der Waals surface area (Å²) in [5.74, 6) is 0.586. The van der Waals surface area contributed by atoms with Crippen LogP contribution in [0.2, 0.25) is 0 Å². The zero-order valence-corrected chi connectivity index (χ0v) is 14.3. The molecule has 5 nitrogen and oxygen atoms in total. The first-order valence-corrected chi connectivity index (χ1v) is 9.95. The molecule has 0 unspecified atom stereocenters. The normalized spacial score (nSPS) is 26.0. The van der Waals surface area contributed by atoms with E-state index in [0.29, 0.717) is 31.8 Å². The number of piperidine rings is 1. The fourth-order valence-electron chi connectivity index (χ4n) is 3.30. The first-order chi connectivity index (χ1) is 11.0. The Morgan fingerprint density at radius 2 is 1.87 bits per heavy atom. The van der Waals surface area contributed by atoms with Gasteiger partial charge in [-0.2, -0.15) is 0 Å². The zero-order chi connectivity index (χ0) is 16.4. The highest BCUT2D eigenvalue weighted by molar-refractivity contribution is 7.89. The number of carbonyl (C=O) groups excluding carboxylic acids is 1. The van der Waals surface area contributed by atoms with E-state index in [9.17, 15) is 13.2 Å². The van der Waals surface area contributed by atoms with Gasteiger partial charge in [-0.15, -0.1) is 0 Å². The summed E-state index contributed by atoms with van der Waals surface area (Å²) in [7, 11) is -3.12. The van der Waals surface area contributed by atoms with Gasteiger partial charge in [-0.05, 0) is 31.7 Å². The van der Waals surface area contributed by atoms with Crippen LogP contribution in [0, 0.1) is 5.92 Å². The number of sulfonamides is 1. The lowest BCUT2D eigenvalue weighted by molar-refractivity contribution is -0.126. The lowest BCUT2D eigenvalue weighted by atomic mass is 9.97. The van der Waals surface area contributed by atoms with Gasteiger partial charge < -0.3 is 5.32 Å². The molecule has 2 atom stereocenters. The summed E-state index contributed by atoms with van der Waals surface area (Å²) in [5, 5.41) is 3.13. The van der Waals surface area contributed by atoms with Crippen LogP contribution in [0.15, 0.2) is 30.3 Å². The molecule has 1 aliphatic heterocycles. The molecule has 0 aromatic heterocycles. The highest BCUT2D eigenvalue weighted by Gasteiger charge is 2.41. The Morgan fingerprint density at radius 3 is 2.48 bits per heavy atom. The van der Waals surface area contributed by atoms with Crippen LogP contribution in [-0.2, 0) is 14.8 Å². The van der Waals surface area contributed by atoms with Crippen molar-refractivity contribution in [2.75, 3.05) is 18.8 Å². The molecule has 0 radical (unpaired) electrons. The monoisotopic (exact) mass is 336 g/mol. The Hall–Kier alpha value is -1.40. The molecular weight excluding hydrogens is 312 g/mol. The fraction of sp³-hybridized carbons (Fsp3) is 0.588. The Kier molecular flexibility index (Phi) is 4.73. The first-order valence-electron chi connectivity index (χ1n) is 8.34. The fourth-order valence-corrected chi connectivity index (χ4v) is 4.43. The summed E-state index contributed by atoms with van der Waals surface area (Å²) >= 11 is 0. The van der Waals surface area contributed by atoms with Crippen LogP contribution >= 0.6 is 0 Å². The van der Waals surface area contributed by atoms with Crippen molar-refractivity contribution < 1.29 is 13.2 Å². The molecule has 1 aromatic carbocycles. The maximum absolute atomic E-state index is 12.4. The Morgan fingerprint density at radius 1 is 1.22 bits per heavy atom. The number of carbonyl (C=O) groups is 1. The smallest absolute Gasteiger partial charge is 0.223 e. The van der Waals surface area contributed by atoms with Gasteiger partial charge in [0.1, 0.15) is 0 Å². The summed E-state index contributed by atoms with van der Waals surface area (Å²) in [6.07, 6.45) is 2.24. The quantitative estimate of drug-likeness (QED) is 0.890. The van der Waals surface area contributed by atoms with E-state index in [1.165, 1.54) is 9.87 Å². The van der Waals surface area contributed by atoms with Gasteiger partial charge in [-0.1, -0.05) is 30.3 Å². The number of nitrogens with one attached hydrogen (secondary N) is 1. The highest BCUT2D eigenvalue weighted by atomic mass is 32.2. The van der Waals surface area contributed by atoms with Gasteiger partial charge in [-0.25, -0.2) is 12.7 Å². The van der Waals surface area contributed by atoms with Gasteiger partial charge in [0.15, 0.2) is 0 Å². The molecule has 2 aliphatic rings. The third-order valence-electron chi connectivity index (χ3n) is 4.93. The Bertz CT molecular complexity index is 652. The molecule has 3 rings (SSSR count). The van der Waals surface area contributed by atoms with E-state index in [0.717, 1.165) is 6.42 Å². The molecule has 2 fully saturated rings. The molecule has 1 saturated carbocycles. The molecule has 0 spiro atoms. The van der Waals surface area contributed by atoms with Gasteiger partial charge in [0.05, 0.1) is 5.75 Å². The van der Waals surface area contributed by atoms with Gasteiger partial charge in [0, 0.05) is 31.0 Å². The van der Waals surface area contributed by atoms with Crippen LogP contribution in [0.4, 0.5) is 0 Å². The topological polar surface area (TPSA) is 66.5 Å². The predicted octanol–water partition coefficient (Wildman–Crippen LogP) is 1.72. The van der Waals surface area contributed by atoms with Crippen molar-refractivity contribution in [3.63, 3.8) is 0 Å². The van der Waals surface area contributed by atoms with E-state index in [4.69, 9.17) is 0 Å². The number of benzene rings is 1. The summed E-state index contributed by atoms with van der Waals surface area (Å²) < 4.78 is 25.2. The second kappa shape index (κ2) is 6.61. The SMILES string of the molecule is CCS(=O)(=O)N1CCC(C(=O)N[C@@H]2C[C@@H]2c2ccccc2)CC1. The van der Waals surface area contributed by atoms with Crippen LogP contribution in [0.3, 0.4) is 0 Å². The number of hydrogen-bond acceptors (Lipinski definition) is 3. The molecule has 0 bridgehead atoms. The molecule has 1 heterocycles. The summed E-state index contributed by atoms with van der Waals surface area (Å²) in [5.41, 5.74) is 1.28. The van der Waals surface area contributed by atoms with Gasteiger partial charge in [0.25, 0.3) is 0 Å². The maximum Gasteiger partial charge on any atom is 0.223 e. The van der Waals surface area contributed by atoms with E-state index in [-0.39, 0.29) is 23.6 Å². The van der Waals surface area contributed by atoms with Crippen molar-refractivity contribution >= 4 is 15.9 Å². The summed E-state index contributed by atoms with van der Waals surface area (Å²) in [6.45, 7) is 2.58.